The molecule has 3 aliphatic rings. The van der Waals surface area contributed by atoms with E-state index < -0.39 is 5.92 Å². The van der Waals surface area contributed by atoms with Gasteiger partial charge in [-0.1, -0.05) is 6.08 Å². The quantitative estimate of drug-likeness (QED) is 0.830. The molecule has 2 N–H and O–H groups in total. The number of nitrogens with zero attached hydrogens (tertiary/aromatic N) is 3. The van der Waals surface area contributed by atoms with Crippen molar-refractivity contribution in [2.24, 2.45) is 5.92 Å². The fraction of sp³-hybridized carbons (Fsp3) is 0.400. The highest BCUT2D eigenvalue weighted by Crippen LogP contribution is 2.36. The van der Waals surface area contributed by atoms with Gasteiger partial charge in [0.2, 0.25) is 5.91 Å². The van der Waals surface area contributed by atoms with Crippen LogP contribution in [0.3, 0.4) is 0 Å². The Kier molecular flexibility index (Phi) is 4.62. The molecule has 1 aromatic rings. The molecular weight excluding hydrogens is 358 g/mol. The zero-order chi connectivity index (χ0) is 19.8. The molecular formula is C20H23N5O3. The third-order valence-electron chi connectivity index (χ3n) is 5.44. The summed E-state index contributed by atoms with van der Waals surface area (Å²) >= 11 is 0. The summed E-state index contributed by atoms with van der Waals surface area (Å²) in [7, 11) is 1.55. The lowest BCUT2D eigenvalue weighted by molar-refractivity contribution is -0.121. The zero-order valence-corrected chi connectivity index (χ0v) is 15.9. The molecule has 3 heterocycles. The smallest absolute Gasteiger partial charge is 0.255 e. The molecule has 8 nitrogen and oxygen atoms in total. The number of nitrogens with one attached hydrogen (secondary N) is 2. The normalized spacial score (nSPS) is 23.4. The van der Waals surface area contributed by atoms with Crippen molar-refractivity contribution in [1.29, 1.82) is 5.41 Å². The van der Waals surface area contributed by atoms with Crippen molar-refractivity contribution in [2.45, 2.75) is 25.8 Å². The van der Waals surface area contributed by atoms with Gasteiger partial charge >= 0.3 is 0 Å². The maximum Gasteiger partial charge on any atom is 0.255 e. The molecule has 1 fully saturated rings. The molecule has 28 heavy (non-hydrogen) atoms. The zero-order valence-electron chi connectivity index (χ0n) is 15.9. The Hall–Kier alpha value is -3.16. The molecule has 146 valence electrons. The van der Waals surface area contributed by atoms with Crippen LogP contribution in [0.2, 0.25) is 0 Å². The standard InChI is InChI=1S/C20H23N5O3/c1-12-4-3-7-24(12)20(27)13-8-17-18(23-10-13)25(11-28-17)14-5-6-15(16(21)9-14)19(26)22-2/h5-6,8-10,12,15,21H,3-4,7,11H2,1-2H3,(H,22,26). The largest absolute Gasteiger partial charge is 0.469 e. The molecule has 4 rings (SSSR count). The van der Waals surface area contributed by atoms with Gasteiger partial charge in [0.1, 0.15) is 0 Å². The van der Waals surface area contributed by atoms with Crippen molar-refractivity contribution >= 4 is 23.3 Å². The second kappa shape index (κ2) is 7.10. The highest BCUT2D eigenvalue weighted by atomic mass is 16.5. The van der Waals surface area contributed by atoms with E-state index >= 15 is 0 Å². The van der Waals surface area contributed by atoms with E-state index in [1.165, 1.54) is 0 Å². The molecule has 2 aliphatic heterocycles. The van der Waals surface area contributed by atoms with Crippen LogP contribution in [-0.4, -0.2) is 53.8 Å². The van der Waals surface area contributed by atoms with Crippen LogP contribution in [0.4, 0.5) is 5.82 Å². The number of likely N-dealkylation sites (tertiary alicyclic amines) is 1. The predicted molar refractivity (Wildman–Crippen MR) is 104 cm³/mol. The first-order valence-electron chi connectivity index (χ1n) is 9.41. The van der Waals surface area contributed by atoms with Gasteiger partial charge in [0, 0.05) is 37.2 Å². The highest BCUT2D eigenvalue weighted by molar-refractivity contribution is 6.11. The maximum absolute atomic E-state index is 12.7. The summed E-state index contributed by atoms with van der Waals surface area (Å²) in [5.74, 6) is 0.327. The van der Waals surface area contributed by atoms with Crippen LogP contribution < -0.4 is 15.0 Å². The van der Waals surface area contributed by atoms with Gasteiger partial charge in [-0.05, 0) is 38.0 Å². The lowest BCUT2D eigenvalue weighted by atomic mass is 9.96. The SMILES string of the molecule is CNC(=O)C1C=CC(N2COc3cc(C(=O)N4CCCC4C)cnc32)=CC1=N. The number of carbonyl (C=O) groups excluding carboxylic acids is 2. The molecule has 0 radical (unpaired) electrons. The van der Waals surface area contributed by atoms with Gasteiger partial charge in [-0.3, -0.25) is 14.5 Å². The third-order valence-corrected chi connectivity index (χ3v) is 5.44. The highest BCUT2D eigenvalue weighted by Gasteiger charge is 2.31. The number of pyridine rings is 1. The van der Waals surface area contributed by atoms with Crippen molar-refractivity contribution < 1.29 is 14.3 Å². The monoisotopic (exact) mass is 381 g/mol. The Morgan fingerprint density at radius 1 is 1.39 bits per heavy atom. The Morgan fingerprint density at radius 2 is 2.21 bits per heavy atom. The molecule has 8 heteroatoms. The summed E-state index contributed by atoms with van der Waals surface area (Å²) in [6.45, 7) is 3.08. The summed E-state index contributed by atoms with van der Waals surface area (Å²) in [4.78, 5) is 32.7. The number of fused-ring (bicyclic) bond motifs is 1. The van der Waals surface area contributed by atoms with Crippen LogP contribution in [0.5, 0.6) is 5.75 Å². The molecule has 1 aromatic heterocycles. The summed E-state index contributed by atoms with van der Waals surface area (Å²) in [6, 6.07) is 1.98. The van der Waals surface area contributed by atoms with Gasteiger partial charge < -0.3 is 20.4 Å². The van der Waals surface area contributed by atoms with Crippen LogP contribution in [0.15, 0.2) is 36.2 Å². The molecule has 1 saturated heterocycles. The number of ether oxygens (including phenoxy) is 1. The number of anilines is 1. The van der Waals surface area contributed by atoms with Crippen molar-refractivity contribution in [3.05, 3.63) is 41.8 Å². The molecule has 2 unspecified atom stereocenters. The van der Waals surface area contributed by atoms with E-state index in [9.17, 15) is 9.59 Å². The number of aromatic nitrogens is 1. The number of allylic oxidation sites excluding steroid dienone is 2. The van der Waals surface area contributed by atoms with Gasteiger partial charge in [0.25, 0.3) is 5.91 Å². The first-order valence-corrected chi connectivity index (χ1v) is 9.41. The Labute approximate surface area is 163 Å². The van der Waals surface area contributed by atoms with Crippen molar-refractivity contribution in [2.75, 3.05) is 25.2 Å². The molecule has 2 amide bonds. The van der Waals surface area contributed by atoms with Crippen molar-refractivity contribution in [3.63, 3.8) is 0 Å². The maximum atomic E-state index is 12.7. The van der Waals surface area contributed by atoms with E-state index in [2.05, 4.69) is 17.2 Å². The minimum Gasteiger partial charge on any atom is -0.469 e. The molecule has 1 aliphatic carbocycles. The second-order valence-corrected chi connectivity index (χ2v) is 7.21. The van der Waals surface area contributed by atoms with Gasteiger partial charge in [-0.25, -0.2) is 4.98 Å². The van der Waals surface area contributed by atoms with Crippen LogP contribution in [0.1, 0.15) is 30.1 Å². The number of rotatable bonds is 3. The topological polar surface area (TPSA) is 98.6 Å². The van der Waals surface area contributed by atoms with E-state index in [4.69, 9.17) is 10.1 Å². The first kappa shape index (κ1) is 18.2. The predicted octanol–water partition coefficient (Wildman–Crippen LogP) is 1.70. The van der Waals surface area contributed by atoms with Gasteiger partial charge in [0.15, 0.2) is 18.3 Å². The van der Waals surface area contributed by atoms with E-state index in [1.807, 2.05) is 9.80 Å². The minimum atomic E-state index is -0.591. The number of amides is 2. The second-order valence-electron chi connectivity index (χ2n) is 7.21. The molecule has 2 atom stereocenters. The van der Waals surface area contributed by atoms with E-state index in [0.29, 0.717) is 17.1 Å². The summed E-state index contributed by atoms with van der Waals surface area (Å²) < 4.78 is 5.74. The van der Waals surface area contributed by atoms with Crippen LogP contribution in [-0.2, 0) is 4.79 Å². The van der Waals surface area contributed by atoms with Crippen LogP contribution in [0, 0.1) is 11.3 Å². The van der Waals surface area contributed by atoms with Crippen LogP contribution in [0.25, 0.3) is 0 Å². The number of hydrogen-bond acceptors (Lipinski definition) is 6. The van der Waals surface area contributed by atoms with E-state index in [0.717, 1.165) is 25.1 Å². The Morgan fingerprint density at radius 3 is 2.89 bits per heavy atom. The number of hydrogen-bond donors (Lipinski definition) is 2. The third kappa shape index (κ3) is 3.04. The van der Waals surface area contributed by atoms with E-state index in [1.54, 1.807) is 37.5 Å². The average Bonchev–Trinajstić information content (AvgIpc) is 3.32. The Bertz CT molecular complexity index is 907. The molecule has 0 aromatic carbocycles. The average molecular weight is 381 g/mol. The molecule has 0 saturated carbocycles. The first-order chi connectivity index (χ1) is 13.5. The van der Waals surface area contributed by atoms with Crippen molar-refractivity contribution in [3.8, 4) is 5.75 Å². The summed E-state index contributed by atoms with van der Waals surface area (Å²) in [6.07, 6.45) is 8.77. The lowest BCUT2D eigenvalue weighted by Gasteiger charge is -2.23. The van der Waals surface area contributed by atoms with Gasteiger partial charge in [-0.15, -0.1) is 0 Å². The van der Waals surface area contributed by atoms with Crippen molar-refractivity contribution in [1.82, 2.24) is 15.2 Å². The number of carbonyl (C=O) groups is 2. The lowest BCUT2D eigenvalue weighted by Crippen LogP contribution is -2.34. The minimum absolute atomic E-state index is 0.0191. The fourth-order valence-corrected chi connectivity index (χ4v) is 3.80. The molecule has 0 bridgehead atoms. The fourth-order valence-electron chi connectivity index (χ4n) is 3.80. The Balaban J connectivity index is 1.54. The van der Waals surface area contributed by atoms with Gasteiger partial charge in [0.05, 0.1) is 11.5 Å². The van der Waals surface area contributed by atoms with Gasteiger partial charge in [-0.2, -0.15) is 0 Å². The summed E-state index contributed by atoms with van der Waals surface area (Å²) in [5, 5.41) is 10.7. The van der Waals surface area contributed by atoms with E-state index in [-0.39, 0.29) is 30.3 Å². The molecule has 0 spiro atoms. The summed E-state index contributed by atoms with van der Waals surface area (Å²) in [5.41, 5.74) is 1.46. The van der Waals surface area contributed by atoms with Crippen LogP contribution >= 0.6 is 0 Å².